The second-order valence-corrected chi connectivity index (χ2v) is 6.18. The molecule has 2 rings (SSSR count). The number of nitrogens with one attached hydrogen (secondary N) is 2. The van der Waals surface area contributed by atoms with Crippen LogP contribution in [0.2, 0.25) is 0 Å². The molecule has 0 aliphatic carbocycles. The van der Waals surface area contributed by atoms with Crippen LogP contribution in [0.5, 0.6) is 0 Å². The molecule has 8 heteroatoms. The second kappa shape index (κ2) is 10.7. The zero-order valence-corrected chi connectivity index (χ0v) is 15.9. The molecule has 1 aliphatic heterocycles. The Morgan fingerprint density at radius 1 is 1.36 bits per heavy atom. The smallest absolute Gasteiger partial charge is 0.340 e. The van der Waals surface area contributed by atoms with E-state index in [0.29, 0.717) is 25.9 Å². The molecule has 1 aromatic rings. The van der Waals surface area contributed by atoms with Gasteiger partial charge in [0.15, 0.2) is 0 Å². The molecule has 0 saturated carbocycles. The third kappa shape index (κ3) is 5.84. The molecule has 0 aromatic heterocycles. The first-order valence-corrected chi connectivity index (χ1v) is 9.25. The highest BCUT2D eigenvalue weighted by Crippen LogP contribution is 2.17. The van der Waals surface area contributed by atoms with E-state index in [9.17, 15) is 19.6 Å². The van der Waals surface area contributed by atoms with Crippen molar-refractivity contribution in [2.24, 2.45) is 0 Å². The average molecular weight is 384 g/mol. The lowest BCUT2D eigenvalue weighted by atomic mass is 10.1. The number of esters is 1. The number of anilines is 1. The number of nitriles is 1. The average Bonchev–Trinajstić information content (AvgIpc) is 3.10. The second-order valence-electron chi connectivity index (χ2n) is 6.18. The fraction of sp³-hybridized carbons (Fsp3) is 0.400. The predicted octanol–water partition coefficient (Wildman–Crippen LogP) is 1.81. The molecule has 2 amide bonds. The number of carbonyl (C=O) groups excluding carboxylic acids is 3. The summed E-state index contributed by atoms with van der Waals surface area (Å²) >= 11 is 0. The van der Waals surface area contributed by atoms with Crippen molar-refractivity contribution in [3.05, 3.63) is 41.6 Å². The van der Waals surface area contributed by atoms with Crippen molar-refractivity contribution in [3.63, 3.8) is 0 Å². The molecular formula is C20H24N4O4. The summed E-state index contributed by atoms with van der Waals surface area (Å²) in [5.41, 5.74) is 0.383. The van der Waals surface area contributed by atoms with Crippen molar-refractivity contribution in [2.75, 3.05) is 31.6 Å². The minimum Gasteiger partial charge on any atom is -0.462 e. The summed E-state index contributed by atoms with van der Waals surface area (Å²) in [6.45, 7) is 3.89. The zero-order valence-electron chi connectivity index (χ0n) is 15.9. The van der Waals surface area contributed by atoms with Gasteiger partial charge >= 0.3 is 5.97 Å². The first-order chi connectivity index (χ1) is 13.6. The number of carbonyl (C=O) groups is 3. The number of hydrogen-bond acceptors (Lipinski definition) is 6. The Kier molecular flexibility index (Phi) is 8.03. The van der Waals surface area contributed by atoms with Crippen LogP contribution in [0, 0.1) is 11.3 Å². The number of ether oxygens (including phenoxy) is 1. The minimum atomic E-state index is -0.624. The number of hydrogen-bond donors (Lipinski definition) is 2. The van der Waals surface area contributed by atoms with Crippen molar-refractivity contribution in [1.29, 1.82) is 5.26 Å². The Labute approximate surface area is 164 Å². The molecule has 1 heterocycles. The minimum absolute atomic E-state index is 0.115. The maximum Gasteiger partial charge on any atom is 0.340 e. The van der Waals surface area contributed by atoms with E-state index in [4.69, 9.17) is 4.74 Å². The highest BCUT2D eigenvalue weighted by molar-refractivity contribution is 6.09. The van der Waals surface area contributed by atoms with Crippen LogP contribution in [0.4, 0.5) is 5.69 Å². The summed E-state index contributed by atoms with van der Waals surface area (Å²) in [6, 6.07) is 8.29. The van der Waals surface area contributed by atoms with Crippen molar-refractivity contribution in [3.8, 4) is 6.07 Å². The van der Waals surface area contributed by atoms with Crippen molar-refractivity contribution < 1.29 is 19.1 Å². The predicted molar refractivity (Wildman–Crippen MR) is 103 cm³/mol. The van der Waals surface area contributed by atoms with Crippen LogP contribution in [0.25, 0.3) is 0 Å². The van der Waals surface area contributed by atoms with Gasteiger partial charge in [-0.25, -0.2) is 4.79 Å². The molecule has 28 heavy (non-hydrogen) atoms. The van der Waals surface area contributed by atoms with Crippen LogP contribution in [0.3, 0.4) is 0 Å². The first-order valence-electron chi connectivity index (χ1n) is 9.25. The molecule has 1 aliphatic rings. The lowest BCUT2D eigenvalue weighted by molar-refractivity contribution is -0.127. The SMILES string of the molecule is CCOC(=O)c1ccccc1NC(=O)/C(C#N)=C\NCCCN1CCCC1=O. The molecule has 1 saturated heterocycles. The fourth-order valence-corrected chi connectivity index (χ4v) is 2.80. The summed E-state index contributed by atoms with van der Waals surface area (Å²) in [5, 5.41) is 14.7. The molecule has 0 radical (unpaired) electrons. The van der Waals surface area contributed by atoms with Gasteiger partial charge in [0, 0.05) is 32.3 Å². The zero-order chi connectivity index (χ0) is 20.4. The molecule has 2 N–H and O–H groups in total. The van der Waals surface area contributed by atoms with E-state index in [1.807, 2.05) is 11.0 Å². The van der Waals surface area contributed by atoms with Crippen LogP contribution in [-0.2, 0) is 14.3 Å². The standard InChI is InChI=1S/C20H24N4O4/c1-2-28-20(27)16-7-3-4-8-17(16)23-19(26)15(13-21)14-22-10-6-12-24-11-5-9-18(24)25/h3-4,7-8,14,22H,2,5-6,9-12H2,1H3,(H,23,26)/b15-14-. The van der Waals surface area contributed by atoms with E-state index in [1.54, 1.807) is 31.2 Å². The quantitative estimate of drug-likeness (QED) is 0.291. The van der Waals surface area contributed by atoms with Crippen LogP contribution in [0.15, 0.2) is 36.0 Å². The molecule has 0 bridgehead atoms. The highest BCUT2D eigenvalue weighted by atomic mass is 16.5. The number of para-hydroxylation sites is 1. The van der Waals surface area contributed by atoms with Crippen LogP contribution >= 0.6 is 0 Å². The monoisotopic (exact) mass is 384 g/mol. The summed E-state index contributed by atoms with van der Waals surface area (Å²) in [6.07, 6.45) is 3.57. The van der Waals surface area contributed by atoms with Gasteiger partial charge in [0.25, 0.3) is 5.91 Å². The van der Waals surface area contributed by atoms with Gasteiger partial charge in [-0.3, -0.25) is 9.59 Å². The summed E-state index contributed by atoms with van der Waals surface area (Å²) < 4.78 is 4.97. The van der Waals surface area contributed by atoms with E-state index in [1.165, 1.54) is 6.20 Å². The molecule has 8 nitrogen and oxygen atoms in total. The normalized spacial score (nSPS) is 13.8. The Balaban J connectivity index is 1.89. The molecule has 0 spiro atoms. The Hall–Kier alpha value is -3.34. The van der Waals surface area contributed by atoms with Crippen LogP contribution in [-0.4, -0.2) is 48.9 Å². The molecule has 148 valence electrons. The van der Waals surface area contributed by atoms with E-state index in [-0.39, 0.29) is 29.3 Å². The Bertz CT molecular complexity index is 798. The topological polar surface area (TPSA) is 112 Å². The number of likely N-dealkylation sites (tertiary alicyclic amines) is 1. The number of rotatable bonds is 9. The third-order valence-electron chi connectivity index (χ3n) is 4.20. The van der Waals surface area contributed by atoms with Gasteiger partial charge in [-0.1, -0.05) is 12.1 Å². The maximum atomic E-state index is 12.3. The van der Waals surface area contributed by atoms with Gasteiger partial charge < -0.3 is 20.3 Å². The molecule has 1 fully saturated rings. The highest BCUT2D eigenvalue weighted by Gasteiger charge is 2.19. The molecule has 0 unspecified atom stereocenters. The van der Waals surface area contributed by atoms with Gasteiger partial charge in [0.05, 0.1) is 17.9 Å². The van der Waals surface area contributed by atoms with Crippen molar-refractivity contribution >= 4 is 23.5 Å². The number of nitrogens with zero attached hydrogens (tertiary/aromatic N) is 2. The van der Waals surface area contributed by atoms with Crippen molar-refractivity contribution in [2.45, 2.75) is 26.2 Å². The molecule has 1 aromatic carbocycles. The van der Waals surface area contributed by atoms with Gasteiger partial charge in [0.1, 0.15) is 11.6 Å². The van der Waals surface area contributed by atoms with Crippen LogP contribution in [0.1, 0.15) is 36.5 Å². The lowest BCUT2D eigenvalue weighted by Gasteiger charge is -2.14. The van der Waals surface area contributed by atoms with E-state index in [0.717, 1.165) is 13.0 Å². The van der Waals surface area contributed by atoms with E-state index in [2.05, 4.69) is 10.6 Å². The summed E-state index contributed by atoms with van der Waals surface area (Å²) in [7, 11) is 0. The number of benzene rings is 1. The van der Waals surface area contributed by atoms with Crippen molar-refractivity contribution in [1.82, 2.24) is 10.2 Å². The Morgan fingerprint density at radius 3 is 2.82 bits per heavy atom. The van der Waals surface area contributed by atoms with Gasteiger partial charge in [-0.15, -0.1) is 0 Å². The maximum absolute atomic E-state index is 12.3. The molecular weight excluding hydrogens is 360 g/mol. The third-order valence-corrected chi connectivity index (χ3v) is 4.20. The van der Waals surface area contributed by atoms with Gasteiger partial charge in [-0.05, 0) is 31.9 Å². The number of amides is 2. The fourth-order valence-electron chi connectivity index (χ4n) is 2.80. The van der Waals surface area contributed by atoms with E-state index >= 15 is 0 Å². The first kappa shape index (κ1) is 21.0. The largest absolute Gasteiger partial charge is 0.462 e. The summed E-state index contributed by atoms with van der Waals surface area (Å²) in [4.78, 5) is 37.7. The lowest BCUT2D eigenvalue weighted by Crippen LogP contribution is -2.27. The Morgan fingerprint density at radius 2 is 2.14 bits per heavy atom. The van der Waals surface area contributed by atoms with Crippen LogP contribution < -0.4 is 10.6 Å². The van der Waals surface area contributed by atoms with E-state index < -0.39 is 11.9 Å². The summed E-state index contributed by atoms with van der Waals surface area (Å²) in [5.74, 6) is -0.996. The van der Waals surface area contributed by atoms with Gasteiger partial charge in [-0.2, -0.15) is 5.26 Å². The molecule has 0 atom stereocenters. The van der Waals surface area contributed by atoms with Gasteiger partial charge in [0.2, 0.25) is 5.91 Å².